The van der Waals surface area contributed by atoms with E-state index >= 15 is 0 Å². The Balaban J connectivity index is 1.87. The van der Waals surface area contributed by atoms with Crippen LogP contribution in [0.1, 0.15) is 18.1 Å². The smallest absolute Gasteiger partial charge is 0.262 e. The van der Waals surface area contributed by atoms with Gasteiger partial charge in [-0.3, -0.25) is 4.79 Å². The summed E-state index contributed by atoms with van der Waals surface area (Å²) in [6.07, 6.45) is 1.58. The zero-order valence-corrected chi connectivity index (χ0v) is 13.3. The Morgan fingerprint density at radius 1 is 1.23 bits per heavy atom. The molecule has 1 atom stereocenters. The fraction of sp³-hybridized carbons (Fsp3) is 0.176. The van der Waals surface area contributed by atoms with Gasteiger partial charge in [0.1, 0.15) is 6.04 Å². The molecular weight excluding hydrogens is 298 g/mol. The molecule has 0 aliphatic rings. The number of carbonyl (C=O) groups excluding carboxylic acids is 1. The van der Waals surface area contributed by atoms with E-state index in [1.807, 2.05) is 43.3 Å². The molecule has 0 aliphatic carbocycles. The van der Waals surface area contributed by atoms with Crippen LogP contribution in [0, 0.1) is 6.92 Å². The monoisotopic (exact) mass is 315 g/mol. The van der Waals surface area contributed by atoms with Gasteiger partial charge in [0.15, 0.2) is 0 Å². The van der Waals surface area contributed by atoms with Crippen molar-refractivity contribution in [1.82, 2.24) is 5.43 Å². The maximum Gasteiger partial charge on any atom is 0.262 e. The number of hydrogen-bond acceptors (Lipinski definition) is 3. The second-order valence-electron chi connectivity index (χ2n) is 5.02. The Morgan fingerprint density at radius 2 is 1.95 bits per heavy atom. The van der Waals surface area contributed by atoms with E-state index in [4.69, 9.17) is 11.6 Å². The number of nitrogens with zero attached hydrogens (tertiary/aromatic N) is 1. The Hall–Kier alpha value is -2.33. The van der Waals surface area contributed by atoms with Crippen molar-refractivity contribution < 1.29 is 4.79 Å². The lowest BCUT2D eigenvalue weighted by atomic mass is 10.2. The third kappa shape index (κ3) is 4.90. The summed E-state index contributed by atoms with van der Waals surface area (Å²) in [4.78, 5) is 12.0. The molecule has 114 valence electrons. The van der Waals surface area contributed by atoms with Gasteiger partial charge in [0.25, 0.3) is 5.91 Å². The van der Waals surface area contributed by atoms with Gasteiger partial charge in [-0.1, -0.05) is 35.9 Å². The van der Waals surface area contributed by atoms with Crippen LogP contribution in [-0.2, 0) is 4.79 Å². The summed E-state index contributed by atoms with van der Waals surface area (Å²) >= 11 is 5.80. The first-order valence-electron chi connectivity index (χ1n) is 6.96. The summed E-state index contributed by atoms with van der Waals surface area (Å²) < 4.78 is 0. The third-order valence-corrected chi connectivity index (χ3v) is 3.30. The number of hydrazone groups is 1. The van der Waals surface area contributed by atoms with Gasteiger partial charge in [0.2, 0.25) is 0 Å². The van der Waals surface area contributed by atoms with Crippen LogP contribution in [0.15, 0.2) is 53.6 Å². The molecule has 2 rings (SSSR count). The number of nitrogens with one attached hydrogen (secondary N) is 2. The molecule has 1 amide bonds. The molecule has 1 unspecified atom stereocenters. The van der Waals surface area contributed by atoms with E-state index in [1.54, 1.807) is 25.3 Å². The molecule has 0 aliphatic heterocycles. The van der Waals surface area contributed by atoms with Crippen LogP contribution in [0.25, 0.3) is 0 Å². The van der Waals surface area contributed by atoms with E-state index < -0.39 is 0 Å². The van der Waals surface area contributed by atoms with E-state index in [2.05, 4.69) is 15.8 Å². The van der Waals surface area contributed by atoms with Crippen molar-refractivity contribution in [2.45, 2.75) is 19.9 Å². The summed E-state index contributed by atoms with van der Waals surface area (Å²) in [6.45, 7) is 3.79. The highest BCUT2D eigenvalue weighted by Gasteiger charge is 2.11. The summed E-state index contributed by atoms with van der Waals surface area (Å²) in [6, 6.07) is 14.7. The molecule has 4 nitrogen and oxygen atoms in total. The second kappa shape index (κ2) is 7.61. The molecule has 22 heavy (non-hydrogen) atoms. The van der Waals surface area contributed by atoms with E-state index in [0.29, 0.717) is 5.02 Å². The standard InChI is InChI=1S/C17H18ClN3O/c1-12-4-3-5-16(10-12)20-13(2)17(22)21-19-11-14-6-8-15(18)9-7-14/h3-11,13,20H,1-2H3,(H,21,22)/b19-11-. The van der Waals surface area contributed by atoms with Crippen molar-refractivity contribution in [1.29, 1.82) is 0 Å². The number of aryl methyl sites for hydroxylation is 1. The van der Waals surface area contributed by atoms with Crippen molar-refractivity contribution in [3.8, 4) is 0 Å². The highest BCUT2D eigenvalue weighted by Crippen LogP contribution is 2.11. The summed E-state index contributed by atoms with van der Waals surface area (Å²) in [7, 11) is 0. The molecule has 2 aromatic carbocycles. The molecule has 0 heterocycles. The van der Waals surface area contributed by atoms with Gasteiger partial charge in [-0.2, -0.15) is 5.10 Å². The minimum absolute atomic E-state index is 0.202. The first-order chi connectivity index (χ1) is 10.5. The fourth-order valence-corrected chi connectivity index (χ4v) is 1.99. The number of carbonyl (C=O) groups is 1. The van der Waals surface area contributed by atoms with Crippen LogP contribution in [0.4, 0.5) is 5.69 Å². The first-order valence-corrected chi connectivity index (χ1v) is 7.34. The van der Waals surface area contributed by atoms with Gasteiger partial charge in [0, 0.05) is 10.7 Å². The van der Waals surface area contributed by atoms with Crippen LogP contribution < -0.4 is 10.7 Å². The molecule has 0 radical (unpaired) electrons. The molecule has 0 saturated heterocycles. The van der Waals surface area contributed by atoms with Gasteiger partial charge >= 0.3 is 0 Å². The van der Waals surface area contributed by atoms with Gasteiger partial charge in [-0.15, -0.1) is 0 Å². The SMILES string of the molecule is Cc1cccc(NC(C)C(=O)N/N=C\c2ccc(Cl)cc2)c1. The Bertz CT molecular complexity index is 668. The lowest BCUT2D eigenvalue weighted by molar-refractivity contribution is -0.121. The number of benzene rings is 2. The molecule has 0 saturated carbocycles. The van der Waals surface area contributed by atoms with Crippen molar-refractivity contribution in [2.75, 3.05) is 5.32 Å². The van der Waals surface area contributed by atoms with Gasteiger partial charge in [-0.25, -0.2) is 5.43 Å². The van der Waals surface area contributed by atoms with E-state index in [1.165, 1.54) is 0 Å². The zero-order valence-electron chi connectivity index (χ0n) is 12.5. The van der Waals surface area contributed by atoms with Crippen LogP contribution in [0.3, 0.4) is 0 Å². The lowest BCUT2D eigenvalue weighted by Gasteiger charge is -2.13. The van der Waals surface area contributed by atoms with Gasteiger partial charge in [-0.05, 0) is 49.2 Å². The molecule has 2 N–H and O–H groups in total. The van der Waals surface area contributed by atoms with Crippen molar-refractivity contribution in [3.05, 3.63) is 64.7 Å². The maximum absolute atomic E-state index is 12.0. The molecule has 0 spiro atoms. The Kier molecular flexibility index (Phi) is 5.55. The quantitative estimate of drug-likeness (QED) is 0.654. The van der Waals surface area contributed by atoms with Crippen LogP contribution in [-0.4, -0.2) is 18.2 Å². The normalized spacial score (nSPS) is 12.1. The van der Waals surface area contributed by atoms with Crippen molar-refractivity contribution >= 4 is 29.4 Å². The van der Waals surface area contributed by atoms with E-state index in [-0.39, 0.29) is 11.9 Å². The molecule has 0 bridgehead atoms. The third-order valence-electron chi connectivity index (χ3n) is 3.05. The predicted octanol–water partition coefficient (Wildman–Crippen LogP) is 3.60. The van der Waals surface area contributed by atoms with Crippen molar-refractivity contribution in [3.63, 3.8) is 0 Å². The summed E-state index contributed by atoms with van der Waals surface area (Å²) in [5.41, 5.74) is 5.42. The zero-order chi connectivity index (χ0) is 15.9. The highest BCUT2D eigenvalue weighted by molar-refractivity contribution is 6.30. The van der Waals surface area contributed by atoms with Crippen molar-refractivity contribution in [2.24, 2.45) is 5.10 Å². The highest BCUT2D eigenvalue weighted by atomic mass is 35.5. The van der Waals surface area contributed by atoms with Gasteiger partial charge in [0.05, 0.1) is 6.21 Å². The number of amides is 1. The average Bonchev–Trinajstić information content (AvgIpc) is 2.49. The Labute approximate surface area is 135 Å². The van der Waals surface area contributed by atoms with Crippen LogP contribution in [0.2, 0.25) is 5.02 Å². The first kappa shape index (κ1) is 16.0. The number of hydrogen-bond donors (Lipinski definition) is 2. The summed E-state index contributed by atoms with van der Waals surface area (Å²) in [5.74, 6) is -0.202. The molecule has 0 aromatic heterocycles. The fourth-order valence-electron chi connectivity index (χ4n) is 1.87. The van der Waals surface area contributed by atoms with Gasteiger partial charge < -0.3 is 5.32 Å². The lowest BCUT2D eigenvalue weighted by Crippen LogP contribution is -2.34. The average molecular weight is 316 g/mol. The summed E-state index contributed by atoms with van der Waals surface area (Å²) in [5, 5.41) is 7.74. The minimum atomic E-state index is -0.385. The topological polar surface area (TPSA) is 53.5 Å². The molecule has 0 fully saturated rings. The number of rotatable bonds is 5. The van der Waals surface area contributed by atoms with Crippen LogP contribution in [0.5, 0.6) is 0 Å². The maximum atomic E-state index is 12.0. The molecule has 2 aromatic rings. The predicted molar refractivity (Wildman–Crippen MR) is 91.5 cm³/mol. The largest absolute Gasteiger partial charge is 0.374 e. The number of anilines is 1. The number of halogens is 1. The van der Waals surface area contributed by atoms with E-state index in [0.717, 1.165) is 16.8 Å². The Morgan fingerprint density at radius 3 is 2.64 bits per heavy atom. The molecular formula is C17H18ClN3O. The minimum Gasteiger partial charge on any atom is -0.374 e. The van der Waals surface area contributed by atoms with E-state index in [9.17, 15) is 4.79 Å². The van der Waals surface area contributed by atoms with Crippen LogP contribution >= 0.6 is 11.6 Å². The second-order valence-corrected chi connectivity index (χ2v) is 5.46. The molecule has 5 heteroatoms.